The van der Waals surface area contributed by atoms with Gasteiger partial charge in [-0.3, -0.25) is 5.43 Å². The fraction of sp³-hybridized carbons (Fsp3) is 0.333. The molecule has 0 aromatic heterocycles. The lowest BCUT2D eigenvalue weighted by Crippen LogP contribution is -2.26. The number of nitrogens with zero attached hydrogens (tertiary/aromatic N) is 2. The van der Waals surface area contributed by atoms with E-state index in [0.717, 1.165) is 13.1 Å². The molecule has 0 bridgehead atoms. The molecule has 5 nitrogen and oxygen atoms in total. The van der Waals surface area contributed by atoms with Gasteiger partial charge < -0.3 is 9.64 Å². The molecule has 0 atom stereocenters. The lowest BCUT2D eigenvalue weighted by Gasteiger charge is -2.08. The second-order valence-corrected chi connectivity index (χ2v) is 4.14. The van der Waals surface area contributed by atoms with Gasteiger partial charge in [-0.15, -0.1) is 5.10 Å². The third-order valence-electron chi connectivity index (χ3n) is 2.36. The quantitative estimate of drug-likeness (QED) is 0.299. The zero-order valence-corrected chi connectivity index (χ0v) is 10.8. The van der Waals surface area contributed by atoms with Gasteiger partial charge in [-0.1, -0.05) is 23.7 Å². The summed E-state index contributed by atoms with van der Waals surface area (Å²) < 4.78 is 4.94. The molecule has 96 valence electrons. The van der Waals surface area contributed by atoms with Crippen LogP contribution in [0.25, 0.3) is 0 Å². The van der Waals surface area contributed by atoms with Gasteiger partial charge in [0, 0.05) is 13.1 Å². The number of benzene rings is 1. The summed E-state index contributed by atoms with van der Waals surface area (Å²) in [6.45, 7) is 3.74. The number of amidine groups is 1. The first-order chi connectivity index (χ1) is 8.72. The number of hydrazone groups is 1. The van der Waals surface area contributed by atoms with Gasteiger partial charge in [0.05, 0.1) is 17.3 Å². The monoisotopic (exact) mass is 267 g/mol. The van der Waals surface area contributed by atoms with Crippen LogP contribution in [-0.4, -0.2) is 36.4 Å². The van der Waals surface area contributed by atoms with Gasteiger partial charge in [-0.05, 0) is 19.1 Å². The largest absolute Gasteiger partial charge is 0.460 e. The van der Waals surface area contributed by atoms with Crippen LogP contribution in [0, 0.1) is 0 Å². The Morgan fingerprint density at radius 3 is 2.83 bits per heavy atom. The predicted octanol–water partition coefficient (Wildman–Crippen LogP) is 1.94. The summed E-state index contributed by atoms with van der Waals surface area (Å²) in [6.07, 6.45) is 0. The van der Waals surface area contributed by atoms with Crippen LogP contribution in [0.15, 0.2) is 29.4 Å². The molecule has 1 aromatic carbocycles. The standard InChI is InChI=1S/C12H14ClN3O2/c1-2-18-12(17)11(16-7-8-16)15-14-10-6-4-3-5-9(10)13/h3-6,14H,2,7-8H2,1H3. The zero-order valence-electron chi connectivity index (χ0n) is 10.0. The highest BCUT2D eigenvalue weighted by Crippen LogP contribution is 2.20. The van der Waals surface area contributed by atoms with E-state index in [1.807, 2.05) is 17.0 Å². The highest BCUT2D eigenvalue weighted by Gasteiger charge is 2.29. The first-order valence-corrected chi connectivity index (χ1v) is 6.10. The maximum absolute atomic E-state index is 11.7. The number of ether oxygens (including phenoxy) is 1. The molecule has 0 spiro atoms. The molecule has 6 heteroatoms. The fourth-order valence-electron chi connectivity index (χ4n) is 1.37. The van der Waals surface area contributed by atoms with Crippen LogP contribution in [0.2, 0.25) is 5.02 Å². The zero-order chi connectivity index (χ0) is 13.0. The molecule has 1 saturated heterocycles. The fourth-order valence-corrected chi connectivity index (χ4v) is 1.55. The van der Waals surface area contributed by atoms with Crippen molar-refractivity contribution in [1.82, 2.24) is 4.90 Å². The maximum atomic E-state index is 11.7. The Labute approximate surface area is 110 Å². The predicted molar refractivity (Wildman–Crippen MR) is 70.7 cm³/mol. The third-order valence-corrected chi connectivity index (χ3v) is 2.69. The van der Waals surface area contributed by atoms with Crippen molar-refractivity contribution in [2.24, 2.45) is 5.10 Å². The molecule has 1 heterocycles. The summed E-state index contributed by atoms with van der Waals surface area (Å²) in [6, 6.07) is 7.21. The second kappa shape index (κ2) is 5.73. The molecule has 0 amide bonds. The second-order valence-electron chi connectivity index (χ2n) is 3.73. The number of para-hydroxylation sites is 1. The molecule has 0 aliphatic carbocycles. The van der Waals surface area contributed by atoms with Gasteiger partial charge in [0.2, 0.25) is 5.84 Å². The lowest BCUT2D eigenvalue weighted by molar-refractivity contribution is -0.135. The molecule has 2 rings (SSSR count). The summed E-state index contributed by atoms with van der Waals surface area (Å²) in [4.78, 5) is 13.5. The number of rotatable bonds is 3. The van der Waals surface area contributed by atoms with Crippen molar-refractivity contribution in [2.45, 2.75) is 6.92 Å². The number of carbonyl (C=O) groups is 1. The van der Waals surface area contributed by atoms with Crippen LogP contribution in [0.5, 0.6) is 0 Å². The van der Waals surface area contributed by atoms with Gasteiger partial charge in [0.1, 0.15) is 0 Å². The van der Waals surface area contributed by atoms with E-state index in [1.165, 1.54) is 0 Å². The van der Waals surface area contributed by atoms with Gasteiger partial charge in [0.25, 0.3) is 0 Å². The topological polar surface area (TPSA) is 53.7 Å². The molecule has 1 aliphatic rings. The van der Waals surface area contributed by atoms with E-state index >= 15 is 0 Å². The summed E-state index contributed by atoms with van der Waals surface area (Å²) in [5.41, 5.74) is 3.44. The van der Waals surface area contributed by atoms with Crippen LogP contribution in [0.4, 0.5) is 5.69 Å². The van der Waals surface area contributed by atoms with Crippen molar-refractivity contribution in [3.8, 4) is 0 Å². The smallest absolute Gasteiger partial charge is 0.375 e. The van der Waals surface area contributed by atoms with E-state index < -0.39 is 5.97 Å². The first-order valence-electron chi connectivity index (χ1n) is 5.72. The molecule has 0 unspecified atom stereocenters. The van der Waals surface area contributed by atoms with E-state index in [9.17, 15) is 4.79 Å². The van der Waals surface area contributed by atoms with Crippen LogP contribution in [-0.2, 0) is 9.53 Å². The Morgan fingerprint density at radius 1 is 1.50 bits per heavy atom. The summed E-state index contributed by atoms with van der Waals surface area (Å²) in [7, 11) is 0. The molecule has 1 aromatic rings. The highest BCUT2D eigenvalue weighted by molar-refractivity contribution is 6.36. The first kappa shape index (κ1) is 12.7. The number of halogens is 1. The Kier molecular flexibility index (Phi) is 4.04. The van der Waals surface area contributed by atoms with Crippen molar-refractivity contribution in [3.05, 3.63) is 29.3 Å². The minimum Gasteiger partial charge on any atom is -0.460 e. The maximum Gasteiger partial charge on any atom is 0.375 e. The summed E-state index contributed by atoms with van der Waals surface area (Å²) in [5.74, 6) is -0.133. The number of nitrogens with one attached hydrogen (secondary N) is 1. The molecule has 1 fully saturated rings. The number of hydrogen-bond acceptors (Lipinski definition) is 4. The van der Waals surface area contributed by atoms with E-state index in [4.69, 9.17) is 16.3 Å². The van der Waals surface area contributed by atoms with Crippen molar-refractivity contribution in [2.75, 3.05) is 25.1 Å². The van der Waals surface area contributed by atoms with Gasteiger partial charge in [-0.2, -0.15) is 0 Å². The minimum atomic E-state index is -0.422. The van der Waals surface area contributed by atoms with Crippen molar-refractivity contribution in [3.63, 3.8) is 0 Å². The number of anilines is 1. The average molecular weight is 268 g/mol. The van der Waals surface area contributed by atoms with Gasteiger partial charge in [-0.25, -0.2) is 4.79 Å². The Hall–Kier alpha value is -1.75. The van der Waals surface area contributed by atoms with E-state index in [2.05, 4.69) is 10.5 Å². The van der Waals surface area contributed by atoms with Gasteiger partial charge in [0.15, 0.2) is 0 Å². The van der Waals surface area contributed by atoms with E-state index in [1.54, 1.807) is 19.1 Å². The normalized spacial score (nSPS) is 14.3. The van der Waals surface area contributed by atoms with E-state index in [-0.39, 0.29) is 5.84 Å². The molecular weight excluding hydrogens is 254 g/mol. The summed E-state index contributed by atoms with van der Waals surface area (Å²) >= 11 is 5.98. The molecule has 0 saturated carbocycles. The van der Waals surface area contributed by atoms with Crippen LogP contribution >= 0.6 is 11.6 Å². The number of esters is 1. The highest BCUT2D eigenvalue weighted by atomic mass is 35.5. The van der Waals surface area contributed by atoms with Crippen LogP contribution < -0.4 is 5.43 Å². The molecule has 1 aliphatic heterocycles. The Morgan fingerprint density at radius 2 is 2.22 bits per heavy atom. The summed E-state index contributed by atoms with van der Waals surface area (Å²) in [5, 5.41) is 4.62. The third kappa shape index (κ3) is 3.13. The minimum absolute atomic E-state index is 0.289. The van der Waals surface area contributed by atoms with Crippen LogP contribution in [0.3, 0.4) is 0 Å². The molecule has 18 heavy (non-hydrogen) atoms. The van der Waals surface area contributed by atoms with Crippen molar-refractivity contribution >= 4 is 29.1 Å². The number of hydrogen-bond donors (Lipinski definition) is 1. The van der Waals surface area contributed by atoms with E-state index in [0.29, 0.717) is 17.3 Å². The van der Waals surface area contributed by atoms with Crippen molar-refractivity contribution < 1.29 is 9.53 Å². The Balaban J connectivity index is 2.09. The Bertz CT molecular complexity index is 472. The van der Waals surface area contributed by atoms with Gasteiger partial charge >= 0.3 is 5.97 Å². The molecule has 0 radical (unpaired) electrons. The SMILES string of the molecule is CCOC(=O)C(=NNc1ccccc1Cl)N1CC1. The average Bonchev–Trinajstić information content (AvgIpc) is 3.16. The van der Waals surface area contributed by atoms with Crippen molar-refractivity contribution in [1.29, 1.82) is 0 Å². The molecular formula is C12H14ClN3O2. The molecule has 1 N–H and O–H groups in total. The lowest BCUT2D eigenvalue weighted by atomic mass is 10.3. The van der Waals surface area contributed by atoms with Crippen LogP contribution in [0.1, 0.15) is 6.92 Å². The number of carbonyl (C=O) groups excluding carboxylic acids is 1.